The smallest absolute Gasteiger partial charge is 0.276 e. The second-order valence-electron chi connectivity index (χ2n) is 4.38. The first-order valence-corrected chi connectivity index (χ1v) is 6.24. The molecule has 1 aliphatic rings. The number of rotatable bonds is 4. The van der Waals surface area contributed by atoms with Gasteiger partial charge in [-0.25, -0.2) is 10.8 Å². The number of carbonyl (C=O) groups excluding carboxylic acids is 1. The number of amides is 1. The summed E-state index contributed by atoms with van der Waals surface area (Å²) in [5, 5.41) is 13.7. The monoisotopic (exact) mass is 280 g/mol. The molecule has 9 heteroatoms. The van der Waals surface area contributed by atoms with Crippen LogP contribution in [0.4, 0.5) is 17.3 Å². The summed E-state index contributed by atoms with van der Waals surface area (Å²) in [5.74, 6) is 5.74. The topological polar surface area (TPSA) is 126 Å². The minimum atomic E-state index is -0.517. The van der Waals surface area contributed by atoms with Gasteiger partial charge >= 0.3 is 0 Å². The number of nitro groups is 1. The number of hydrogen-bond acceptors (Lipinski definition) is 7. The molecule has 1 amide bonds. The summed E-state index contributed by atoms with van der Waals surface area (Å²) in [5.41, 5.74) is 2.18. The van der Waals surface area contributed by atoms with Gasteiger partial charge in [0.25, 0.3) is 5.69 Å². The van der Waals surface area contributed by atoms with Gasteiger partial charge in [-0.3, -0.25) is 14.9 Å². The molecule has 1 unspecified atom stereocenters. The summed E-state index contributed by atoms with van der Waals surface area (Å²) >= 11 is 0. The molecule has 1 saturated heterocycles. The van der Waals surface area contributed by atoms with E-state index in [0.29, 0.717) is 25.3 Å². The van der Waals surface area contributed by atoms with Gasteiger partial charge in [-0.05, 0) is 6.42 Å². The SMILES string of the molecule is CCC1C(=O)NCCN1c1cc([N+](=O)[O-])cc(NN)n1. The highest BCUT2D eigenvalue weighted by Gasteiger charge is 2.30. The van der Waals surface area contributed by atoms with Gasteiger partial charge in [-0.2, -0.15) is 0 Å². The molecule has 1 aromatic heterocycles. The van der Waals surface area contributed by atoms with Crippen molar-refractivity contribution in [2.24, 2.45) is 5.84 Å². The minimum Gasteiger partial charge on any atom is -0.353 e. The number of hydrazine groups is 1. The molecular formula is C11H16N6O3. The van der Waals surface area contributed by atoms with Crippen molar-refractivity contribution in [3.05, 3.63) is 22.2 Å². The molecule has 0 aliphatic carbocycles. The van der Waals surface area contributed by atoms with Gasteiger partial charge in [0.15, 0.2) is 0 Å². The highest BCUT2D eigenvalue weighted by molar-refractivity contribution is 5.86. The third-order valence-corrected chi connectivity index (χ3v) is 3.17. The van der Waals surface area contributed by atoms with Crippen molar-refractivity contribution in [1.29, 1.82) is 0 Å². The molecule has 1 fully saturated rings. The van der Waals surface area contributed by atoms with E-state index in [2.05, 4.69) is 15.7 Å². The van der Waals surface area contributed by atoms with Crippen LogP contribution in [0.15, 0.2) is 12.1 Å². The summed E-state index contributed by atoms with van der Waals surface area (Å²) in [6, 6.07) is 2.21. The number of piperazine rings is 1. The van der Waals surface area contributed by atoms with Gasteiger partial charge < -0.3 is 15.6 Å². The fraction of sp³-hybridized carbons (Fsp3) is 0.455. The second-order valence-corrected chi connectivity index (χ2v) is 4.38. The minimum absolute atomic E-state index is 0.102. The Bertz CT molecular complexity index is 535. The molecule has 20 heavy (non-hydrogen) atoms. The van der Waals surface area contributed by atoms with Gasteiger partial charge in [0, 0.05) is 13.1 Å². The Morgan fingerprint density at radius 2 is 2.40 bits per heavy atom. The molecule has 2 rings (SSSR count). The van der Waals surface area contributed by atoms with E-state index in [4.69, 9.17) is 5.84 Å². The zero-order chi connectivity index (χ0) is 14.7. The molecular weight excluding hydrogens is 264 g/mol. The zero-order valence-electron chi connectivity index (χ0n) is 11.0. The predicted octanol–water partition coefficient (Wildman–Crippen LogP) is -0.00980. The van der Waals surface area contributed by atoms with E-state index in [1.165, 1.54) is 12.1 Å². The lowest BCUT2D eigenvalue weighted by atomic mass is 10.1. The van der Waals surface area contributed by atoms with Gasteiger partial charge in [0.05, 0.1) is 17.1 Å². The van der Waals surface area contributed by atoms with Gasteiger partial charge in [0.1, 0.15) is 17.7 Å². The summed E-state index contributed by atoms with van der Waals surface area (Å²) in [6.45, 7) is 2.90. The Morgan fingerprint density at radius 1 is 1.65 bits per heavy atom. The van der Waals surface area contributed by atoms with Crippen LogP contribution in [0.5, 0.6) is 0 Å². The van der Waals surface area contributed by atoms with Crippen LogP contribution in [0.3, 0.4) is 0 Å². The van der Waals surface area contributed by atoms with Crippen LogP contribution in [0.1, 0.15) is 13.3 Å². The maximum atomic E-state index is 11.8. The summed E-state index contributed by atoms with van der Waals surface area (Å²) in [4.78, 5) is 28.2. The third kappa shape index (κ3) is 2.62. The average Bonchev–Trinajstić information content (AvgIpc) is 2.46. The molecule has 0 saturated carbocycles. The quantitative estimate of drug-likeness (QED) is 0.402. The molecule has 0 spiro atoms. The van der Waals surface area contributed by atoms with E-state index in [-0.39, 0.29) is 23.5 Å². The van der Waals surface area contributed by atoms with Crippen LogP contribution in [0, 0.1) is 10.1 Å². The third-order valence-electron chi connectivity index (χ3n) is 3.17. The molecule has 1 aliphatic heterocycles. The highest BCUT2D eigenvalue weighted by atomic mass is 16.6. The van der Waals surface area contributed by atoms with Crippen molar-refractivity contribution in [2.45, 2.75) is 19.4 Å². The Balaban J connectivity index is 2.42. The standard InChI is InChI=1S/C11H16N6O3/c1-2-8-11(18)13-3-4-16(8)10-6-7(17(19)20)5-9(14-10)15-12/h5-6,8H,2-4,12H2,1H3,(H,13,18)(H,14,15). The zero-order valence-corrected chi connectivity index (χ0v) is 11.0. The van der Waals surface area contributed by atoms with Crippen LogP contribution in [0.2, 0.25) is 0 Å². The number of aromatic nitrogens is 1. The van der Waals surface area contributed by atoms with Crippen LogP contribution in [-0.4, -0.2) is 34.9 Å². The van der Waals surface area contributed by atoms with E-state index in [1.807, 2.05) is 6.92 Å². The largest absolute Gasteiger partial charge is 0.353 e. The summed E-state index contributed by atoms with van der Waals surface area (Å²) < 4.78 is 0. The second kappa shape index (κ2) is 5.70. The molecule has 108 valence electrons. The van der Waals surface area contributed by atoms with Crippen LogP contribution in [0.25, 0.3) is 0 Å². The highest BCUT2D eigenvalue weighted by Crippen LogP contribution is 2.25. The van der Waals surface area contributed by atoms with Crippen LogP contribution < -0.4 is 21.5 Å². The molecule has 1 atom stereocenters. The molecule has 2 heterocycles. The number of nitrogens with zero attached hydrogens (tertiary/aromatic N) is 3. The van der Waals surface area contributed by atoms with Crippen molar-refractivity contribution < 1.29 is 9.72 Å². The lowest BCUT2D eigenvalue weighted by Gasteiger charge is -2.35. The number of nitrogen functional groups attached to an aromatic ring is 1. The summed E-state index contributed by atoms with van der Waals surface area (Å²) in [7, 11) is 0. The number of hydrogen-bond donors (Lipinski definition) is 3. The van der Waals surface area contributed by atoms with E-state index >= 15 is 0 Å². The van der Waals surface area contributed by atoms with Crippen molar-refractivity contribution in [3.63, 3.8) is 0 Å². The fourth-order valence-corrected chi connectivity index (χ4v) is 2.22. The molecule has 9 nitrogen and oxygen atoms in total. The van der Waals surface area contributed by atoms with Crippen LogP contribution in [-0.2, 0) is 4.79 Å². The lowest BCUT2D eigenvalue weighted by molar-refractivity contribution is -0.384. The first-order chi connectivity index (χ1) is 9.56. The number of nitrogens with one attached hydrogen (secondary N) is 2. The number of anilines is 2. The fourth-order valence-electron chi connectivity index (χ4n) is 2.22. The van der Waals surface area contributed by atoms with Crippen molar-refractivity contribution in [2.75, 3.05) is 23.4 Å². The van der Waals surface area contributed by atoms with E-state index in [0.717, 1.165) is 0 Å². The van der Waals surface area contributed by atoms with Gasteiger partial charge in [0.2, 0.25) is 5.91 Å². The molecule has 0 aromatic carbocycles. The van der Waals surface area contributed by atoms with E-state index in [9.17, 15) is 14.9 Å². The van der Waals surface area contributed by atoms with Gasteiger partial charge in [-0.15, -0.1) is 0 Å². The first kappa shape index (κ1) is 14.0. The van der Waals surface area contributed by atoms with Crippen molar-refractivity contribution >= 4 is 23.2 Å². The average molecular weight is 280 g/mol. The van der Waals surface area contributed by atoms with Gasteiger partial charge in [-0.1, -0.05) is 6.92 Å². The van der Waals surface area contributed by atoms with E-state index in [1.54, 1.807) is 4.90 Å². The van der Waals surface area contributed by atoms with Crippen molar-refractivity contribution in [3.8, 4) is 0 Å². The Morgan fingerprint density at radius 3 is 3.00 bits per heavy atom. The van der Waals surface area contributed by atoms with E-state index < -0.39 is 4.92 Å². The normalized spacial score (nSPS) is 18.6. The lowest BCUT2D eigenvalue weighted by Crippen LogP contribution is -2.55. The Hall–Kier alpha value is -2.42. The van der Waals surface area contributed by atoms with Crippen molar-refractivity contribution in [1.82, 2.24) is 10.3 Å². The summed E-state index contributed by atoms with van der Waals surface area (Å²) in [6.07, 6.45) is 0.585. The molecule has 0 radical (unpaired) electrons. The molecule has 4 N–H and O–H groups in total. The molecule has 0 bridgehead atoms. The maximum absolute atomic E-state index is 11.8. The Kier molecular flexibility index (Phi) is 3.99. The predicted molar refractivity (Wildman–Crippen MR) is 73.1 cm³/mol. The number of nitrogens with two attached hydrogens (primary N) is 1. The Labute approximate surface area is 115 Å². The first-order valence-electron chi connectivity index (χ1n) is 6.24. The number of carbonyl (C=O) groups is 1. The maximum Gasteiger partial charge on any atom is 0.276 e. The number of pyridine rings is 1. The molecule has 1 aromatic rings. The van der Waals surface area contributed by atoms with Crippen LogP contribution >= 0.6 is 0 Å².